The maximum absolute atomic E-state index is 11.4. The molecule has 118 valence electrons. The third-order valence-electron chi connectivity index (χ3n) is 3.72. The van der Waals surface area contributed by atoms with Crippen LogP contribution < -0.4 is 11.1 Å². The third-order valence-corrected chi connectivity index (χ3v) is 4.66. The Hall–Kier alpha value is -0.630. The lowest BCUT2D eigenvalue weighted by Crippen LogP contribution is -2.34. The summed E-state index contributed by atoms with van der Waals surface area (Å²) in [4.78, 5) is 5.36. The smallest absolute Gasteiger partial charge is 0.189 e. The molecule has 1 aliphatic rings. The molecule has 2 rings (SSSR count). The van der Waals surface area contributed by atoms with Crippen molar-refractivity contribution in [3.63, 3.8) is 0 Å². The van der Waals surface area contributed by atoms with Gasteiger partial charge in [0.05, 0.1) is 12.1 Å². The Bertz CT molecular complexity index is 498. The molecule has 4 nitrogen and oxygen atoms in total. The molecule has 0 aromatic heterocycles. The quantitative estimate of drug-likeness (QED) is 0.446. The molecular formula is C15H24IN3OS. The minimum Gasteiger partial charge on any atom is -0.370 e. The van der Waals surface area contributed by atoms with Gasteiger partial charge < -0.3 is 11.1 Å². The average Bonchev–Trinajstić information content (AvgIpc) is 2.91. The number of benzene rings is 1. The molecule has 0 bridgehead atoms. The van der Waals surface area contributed by atoms with E-state index in [2.05, 4.69) is 17.2 Å². The molecular weight excluding hydrogens is 397 g/mol. The van der Waals surface area contributed by atoms with Crippen molar-refractivity contribution >= 4 is 40.7 Å². The standard InChI is InChI=1S/C15H23N3OS.HI/c1-11(12-7-9-14(10-8-12)20(2)19)17-15(16)18-13-5-3-4-6-13;/h7-11,13H,3-6H2,1-2H3,(H3,16,17,18);1H. The summed E-state index contributed by atoms with van der Waals surface area (Å²) in [7, 11) is -0.933. The van der Waals surface area contributed by atoms with Gasteiger partial charge in [0.15, 0.2) is 5.96 Å². The number of nitrogens with two attached hydrogens (primary N) is 1. The Morgan fingerprint density at radius 3 is 2.43 bits per heavy atom. The van der Waals surface area contributed by atoms with Gasteiger partial charge in [0, 0.05) is 22.0 Å². The number of rotatable bonds is 4. The summed E-state index contributed by atoms with van der Waals surface area (Å²) in [6, 6.07) is 8.25. The lowest BCUT2D eigenvalue weighted by atomic mass is 10.1. The van der Waals surface area contributed by atoms with Gasteiger partial charge in [-0.25, -0.2) is 0 Å². The Balaban J connectivity index is 0.00000220. The van der Waals surface area contributed by atoms with E-state index >= 15 is 0 Å². The van der Waals surface area contributed by atoms with Gasteiger partial charge in [-0.3, -0.25) is 9.20 Å². The van der Waals surface area contributed by atoms with Gasteiger partial charge in [0.25, 0.3) is 0 Å². The highest BCUT2D eigenvalue weighted by Crippen LogP contribution is 2.21. The predicted octanol–water partition coefficient (Wildman–Crippen LogP) is 2.95. The Morgan fingerprint density at radius 1 is 1.33 bits per heavy atom. The molecule has 1 fully saturated rings. The highest BCUT2D eigenvalue weighted by molar-refractivity contribution is 14.0. The van der Waals surface area contributed by atoms with Crippen LogP contribution in [-0.2, 0) is 10.8 Å². The van der Waals surface area contributed by atoms with Gasteiger partial charge in [-0.05, 0) is 37.5 Å². The first-order valence-corrected chi connectivity index (χ1v) is 8.65. The summed E-state index contributed by atoms with van der Waals surface area (Å²) in [6.07, 6.45) is 6.49. The highest BCUT2D eigenvalue weighted by Gasteiger charge is 2.14. The summed E-state index contributed by atoms with van der Waals surface area (Å²) >= 11 is 0. The fourth-order valence-electron chi connectivity index (χ4n) is 2.52. The van der Waals surface area contributed by atoms with Crippen molar-refractivity contribution < 1.29 is 4.21 Å². The summed E-state index contributed by atoms with van der Waals surface area (Å²) in [5, 5.41) is 3.22. The zero-order valence-corrected chi connectivity index (χ0v) is 15.7. The molecule has 2 atom stereocenters. The van der Waals surface area contributed by atoms with Crippen LogP contribution in [0.3, 0.4) is 0 Å². The van der Waals surface area contributed by atoms with Crippen LogP contribution >= 0.6 is 24.0 Å². The molecule has 1 aromatic rings. The number of halogens is 1. The molecule has 2 unspecified atom stereocenters. The van der Waals surface area contributed by atoms with Crippen molar-refractivity contribution in [2.24, 2.45) is 10.7 Å². The maximum Gasteiger partial charge on any atom is 0.189 e. The van der Waals surface area contributed by atoms with Gasteiger partial charge in [-0.15, -0.1) is 24.0 Å². The van der Waals surface area contributed by atoms with Crippen LogP contribution in [0.15, 0.2) is 34.2 Å². The Kier molecular flexibility index (Phi) is 7.65. The Labute approximate surface area is 146 Å². The predicted molar refractivity (Wildman–Crippen MR) is 99.6 cm³/mol. The molecule has 1 aromatic carbocycles. The number of hydrogen-bond acceptors (Lipinski definition) is 2. The van der Waals surface area contributed by atoms with Crippen LogP contribution in [0.2, 0.25) is 0 Å². The van der Waals surface area contributed by atoms with Crippen molar-refractivity contribution in [1.29, 1.82) is 0 Å². The van der Waals surface area contributed by atoms with Crippen LogP contribution in [0.4, 0.5) is 0 Å². The van der Waals surface area contributed by atoms with Crippen LogP contribution in [-0.4, -0.2) is 22.5 Å². The van der Waals surface area contributed by atoms with Crippen LogP contribution in [0, 0.1) is 0 Å². The number of nitrogens with one attached hydrogen (secondary N) is 1. The zero-order chi connectivity index (χ0) is 14.5. The topological polar surface area (TPSA) is 67.5 Å². The van der Waals surface area contributed by atoms with E-state index in [0.29, 0.717) is 12.0 Å². The second kappa shape index (κ2) is 8.73. The van der Waals surface area contributed by atoms with Gasteiger partial charge >= 0.3 is 0 Å². The van der Waals surface area contributed by atoms with Crippen LogP contribution in [0.25, 0.3) is 0 Å². The SMILES string of the molecule is CC(NC(N)=NC1CCCC1)c1ccc(S(C)=O)cc1.I. The highest BCUT2D eigenvalue weighted by atomic mass is 127. The molecule has 0 spiro atoms. The van der Waals surface area contributed by atoms with E-state index in [-0.39, 0.29) is 30.0 Å². The fourth-order valence-corrected chi connectivity index (χ4v) is 3.04. The van der Waals surface area contributed by atoms with Gasteiger partial charge in [-0.1, -0.05) is 25.0 Å². The third kappa shape index (κ3) is 5.58. The van der Waals surface area contributed by atoms with Gasteiger partial charge in [-0.2, -0.15) is 0 Å². The lowest BCUT2D eigenvalue weighted by molar-refractivity contribution is 0.668. The minimum absolute atomic E-state index is 0. The van der Waals surface area contributed by atoms with E-state index in [1.165, 1.54) is 12.8 Å². The molecule has 6 heteroatoms. The summed E-state index contributed by atoms with van der Waals surface area (Å²) in [6.45, 7) is 2.05. The minimum atomic E-state index is -0.933. The summed E-state index contributed by atoms with van der Waals surface area (Å²) < 4.78 is 11.4. The fraction of sp³-hybridized carbons (Fsp3) is 0.533. The monoisotopic (exact) mass is 421 g/mol. The first-order valence-electron chi connectivity index (χ1n) is 7.09. The van der Waals surface area contributed by atoms with E-state index in [1.54, 1.807) is 6.26 Å². The van der Waals surface area contributed by atoms with Crippen molar-refractivity contribution in [2.45, 2.75) is 49.6 Å². The largest absolute Gasteiger partial charge is 0.370 e. The second-order valence-corrected chi connectivity index (χ2v) is 6.72. The molecule has 1 saturated carbocycles. The van der Waals surface area contributed by atoms with E-state index in [1.807, 2.05) is 24.3 Å². The molecule has 3 N–H and O–H groups in total. The van der Waals surface area contributed by atoms with E-state index in [0.717, 1.165) is 23.3 Å². The van der Waals surface area contributed by atoms with Gasteiger partial charge in [0.1, 0.15) is 0 Å². The van der Waals surface area contributed by atoms with Crippen molar-refractivity contribution in [2.75, 3.05) is 6.26 Å². The molecule has 0 radical (unpaired) electrons. The zero-order valence-electron chi connectivity index (χ0n) is 12.5. The molecule has 0 heterocycles. The number of guanidine groups is 1. The van der Waals surface area contributed by atoms with Gasteiger partial charge in [0.2, 0.25) is 0 Å². The number of aliphatic imine (C=N–C) groups is 1. The van der Waals surface area contributed by atoms with E-state index in [4.69, 9.17) is 5.73 Å². The number of nitrogens with zero attached hydrogens (tertiary/aromatic N) is 1. The average molecular weight is 421 g/mol. The molecule has 0 aliphatic heterocycles. The molecule has 0 saturated heterocycles. The normalized spacial score (nSPS) is 18.9. The molecule has 0 amide bonds. The molecule has 1 aliphatic carbocycles. The van der Waals surface area contributed by atoms with Crippen molar-refractivity contribution in [3.8, 4) is 0 Å². The first-order chi connectivity index (χ1) is 9.56. The summed E-state index contributed by atoms with van der Waals surface area (Å²) in [5.41, 5.74) is 7.07. The summed E-state index contributed by atoms with van der Waals surface area (Å²) in [5.74, 6) is 0.521. The van der Waals surface area contributed by atoms with Crippen molar-refractivity contribution in [3.05, 3.63) is 29.8 Å². The lowest BCUT2D eigenvalue weighted by Gasteiger charge is -2.16. The van der Waals surface area contributed by atoms with E-state index in [9.17, 15) is 4.21 Å². The van der Waals surface area contributed by atoms with Crippen molar-refractivity contribution in [1.82, 2.24) is 5.32 Å². The Morgan fingerprint density at radius 2 is 1.90 bits per heavy atom. The molecule has 21 heavy (non-hydrogen) atoms. The second-order valence-electron chi connectivity index (χ2n) is 5.34. The van der Waals surface area contributed by atoms with E-state index < -0.39 is 10.8 Å². The maximum atomic E-state index is 11.4. The number of hydrogen-bond donors (Lipinski definition) is 2. The first kappa shape index (κ1) is 18.4. The van der Waals surface area contributed by atoms with Crippen LogP contribution in [0.5, 0.6) is 0 Å². The van der Waals surface area contributed by atoms with Crippen LogP contribution in [0.1, 0.15) is 44.2 Å².